The molecular formula is C26H40N4O2. The molecule has 3 N–H and O–H groups in total. The Morgan fingerprint density at radius 3 is 2.66 bits per heavy atom. The summed E-state index contributed by atoms with van der Waals surface area (Å²) in [5.74, 6) is 0.353. The van der Waals surface area contributed by atoms with Crippen LogP contribution < -0.4 is 5.32 Å². The Hall–Kier alpha value is -2.05. The highest BCUT2D eigenvalue weighted by atomic mass is 16.3. The number of aliphatic hydroxyl groups excluding tert-OH is 1. The van der Waals surface area contributed by atoms with Crippen LogP contribution in [0.1, 0.15) is 81.9 Å². The number of benzene rings is 1. The number of H-pyrrole nitrogens is 1. The van der Waals surface area contributed by atoms with E-state index in [1.807, 2.05) is 25.7 Å². The number of aromatic nitrogens is 1. The van der Waals surface area contributed by atoms with Crippen molar-refractivity contribution in [3.8, 4) is 0 Å². The van der Waals surface area contributed by atoms with Gasteiger partial charge in [0.15, 0.2) is 0 Å². The standard InChI is InChI=1S/C26H40N4O2/c1-6-10-30-15-18(27-26(32)29(8-3)9-4)13-19-20-11-17(16(5)31)12-23-25(20)21(14-24(19)30)22(7-2)28-23/h11-12,16,18-19,24,28,31H,6-10,13-15H2,1-5H3,(H,27,32)/t16?,18-,19?,24+/m0/s1. The largest absolute Gasteiger partial charge is 0.389 e. The van der Waals surface area contributed by atoms with E-state index in [4.69, 9.17) is 0 Å². The molecule has 4 atom stereocenters. The van der Waals surface area contributed by atoms with E-state index in [-0.39, 0.29) is 12.1 Å². The number of aromatic amines is 1. The first-order valence-corrected chi connectivity index (χ1v) is 12.6. The highest BCUT2D eigenvalue weighted by molar-refractivity contribution is 5.90. The van der Waals surface area contributed by atoms with Crippen molar-refractivity contribution in [1.82, 2.24) is 20.1 Å². The van der Waals surface area contributed by atoms with Gasteiger partial charge < -0.3 is 20.3 Å². The lowest BCUT2D eigenvalue weighted by molar-refractivity contribution is 0.0977. The van der Waals surface area contributed by atoms with Crippen molar-refractivity contribution in [2.75, 3.05) is 26.2 Å². The summed E-state index contributed by atoms with van der Waals surface area (Å²) in [5, 5.41) is 15.1. The summed E-state index contributed by atoms with van der Waals surface area (Å²) in [4.78, 5) is 21.0. The Morgan fingerprint density at radius 1 is 1.28 bits per heavy atom. The van der Waals surface area contributed by atoms with E-state index in [1.54, 1.807) is 0 Å². The molecule has 176 valence electrons. The van der Waals surface area contributed by atoms with Crippen LogP contribution in [0, 0.1) is 0 Å². The van der Waals surface area contributed by atoms with Gasteiger partial charge in [0.2, 0.25) is 0 Å². The summed E-state index contributed by atoms with van der Waals surface area (Å²) < 4.78 is 0. The molecule has 2 aromatic rings. The maximum absolute atomic E-state index is 12.8. The lowest BCUT2D eigenvalue weighted by atomic mass is 9.72. The Balaban J connectivity index is 1.75. The summed E-state index contributed by atoms with van der Waals surface area (Å²) in [7, 11) is 0. The molecule has 0 bridgehead atoms. The van der Waals surface area contributed by atoms with E-state index in [2.05, 4.69) is 41.2 Å². The van der Waals surface area contributed by atoms with Crippen molar-refractivity contribution in [3.63, 3.8) is 0 Å². The molecular weight excluding hydrogens is 400 g/mol. The van der Waals surface area contributed by atoms with Gasteiger partial charge >= 0.3 is 6.03 Å². The fourth-order valence-electron chi connectivity index (χ4n) is 6.02. The zero-order chi connectivity index (χ0) is 23.0. The summed E-state index contributed by atoms with van der Waals surface area (Å²) in [5.41, 5.74) is 6.27. The minimum atomic E-state index is -0.499. The first-order valence-electron chi connectivity index (χ1n) is 12.6. The monoisotopic (exact) mass is 440 g/mol. The molecule has 1 aromatic heterocycles. The van der Waals surface area contributed by atoms with Gasteiger partial charge in [0.25, 0.3) is 0 Å². The van der Waals surface area contributed by atoms with Crippen LogP contribution in [0.5, 0.6) is 0 Å². The van der Waals surface area contributed by atoms with Gasteiger partial charge in [0, 0.05) is 54.2 Å². The number of rotatable bonds is 7. The third kappa shape index (κ3) is 4.03. The molecule has 32 heavy (non-hydrogen) atoms. The van der Waals surface area contributed by atoms with Crippen molar-refractivity contribution >= 4 is 16.9 Å². The van der Waals surface area contributed by atoms with Gasteiger partial charge in [-0.2, -0.15) is 0 Å². The average molecular weight is 441 g/mol. The Bertz CT molecular complexity index is 962. The van der Waals surface area contributed by atoms with Crippen molar-refractivity contribution in [1.29, 1.82) is 0 Å². The van der Waals surface area contributed by atoms with E-state index >= 15 is 0 Å². The van der Waals surface area contributed by atoms with Crippen LogP contribution in [0.15, 0.2) is 12.1 Å². The van der Waals surface area contributed by atoms with E-state index < -0.39 is 6.10 Å². The third-order valence-corrected chi connectivity index (χ3v) is 7.61. The molecule has 0 saturated carbocycles. The highest BCUT2D eigenvalue weighted by Gasteiger charge is 2.42. The Morgan fingerprint density at radius 2 is 2.03 bits per heavy atom. The number of nitrogens with one attached hydrogen (secondary N) is 2. The molecule has 1 aliphatic carbocycles. The number of aryl methyl sites for hydroxylation is 1. The van der Waals surface area contributed by atoms with Gasteiger partial charge in [-0.1, -0.05) is 19.9 Å². The molecule has 1 fully saturated rings. The number of likely N-dealkylation sites (tertiary alicyclic amines) is 1. The molecule has 6 heteroatoms. The molecule has 1 saturated heterocycles. The van der Waals surface area contributed by atoms with Crippen LogP contribution in [0.25, 0.3) is 10.9 Å². The predicted molar refractivity (Wildman–Crippen MR) is 130 cm³/mol. The number of amides is 2. The first-order chi connectivity index (χ1) is 15.4. The molecule has 4 rings (SSSR count). The maximum atomic E-state index is 12.8. The number of carbonyl (C=O) groups is 1. The van der Waals surface area contributed by atoms with Crippen molar-refractivity contribution in [2.24, 2.45) is 0 Å². The summed E-state index contributed by atoms with van der Waals surface area (Å²) in [6.07, 6.45) is 3.60. The zero-order valence-electron chi connectivity index (χ0n) is 20.4. The SMILES string of the molecule is CCCN1C[C@@H](NC(=O)N(CC)CC)CC2c3cc(C(C)O)cc4[nH]c(CC)c(c34)C[C@H]21. The van der Waals surface area contributed by atoms with Crippen LogP contribution >= 0.6 is 0 Å². The molecule has 1 aromatic carbocycles. The van der Waals surface area contributed by atoms with Crippen LogP contribution in [0.3, 0.4) is 0 Å². The fraction of sp³-hybridized carbons (Fsp3) is 0.654. The van der Waals surface area contributed by atoms with Gasteiger partial charge in [-0.25, -0.2) is 4.79 Å². The molecule has 0 spiro atoms. The van der Waals surface area contributed by atoms with Gasteiger partial charge in [-0.05, 0) is 75.8 Å². The van der Waals surface area contributed by atoms with Crippen LogP contribution in [0.2, 0.25) is 0 Å². The fourth-order valence-corrected chi connectivity index (χ4v) is 6.02. The molecule has 0 radical (unpaired) electrons. The minimum absolute atomic E-state index is 0.0455. The van der Waals surface area contributed by atoms with Crippen LogP contribution in [0.4, 0.5) is 4.79 Å². The molecule has 1 aliphatic heterocycles. The highest BCUT2D eigenvalue weighted by Crippen LogP contribution is 2.45. The molecule has 6 nitrogen and oxygen atoms in total. The number of nitrogens with zero attached hydrogens (tertiary/aromatic N) is 2. The first kappa shape index (κ1) is 23.1. The van der Waals surface area contributed by atoms with E-state index in [0.717, 1.165) is 62.9 Å². The number of urea groups is 1. The quantitative estimate of drug-likeness (QED) is 0.600. The summed E-state index contributed by atoms with van der Waals surface area (Å²) in [6, 6.07) is 4.98. The van der Waals surface area contributed by atoms with Crippen molar-refractivity contribution < 1.29 is 9.90 Å². The third-order valence-electron chi connectivity index (χ3n) is 7.61. The molecule has 2 heterocycles. The maximum Gasteiger partial charge on any atom is 0.317 e. The van der Waals surface area contributed by atoms with Gasteiger partial charge in [-0.3, -0.25) is 4.90 Å². The van der Waals surface area contributed by atoms with Crippen LogP contribution in [-0.2, 0) is 12.8 Å². The van der Waals surface area contributed by atoms with Gasteiger partial charge in [-0.15, -0.1) is 0 Å². The number of aliphatic hydroxyl groups is 1. The summed E-state index contributed by atoms with van der Waals surface area (Å²) in [6.45, 7) is 13.8. The molecule has 2 amide bonds. The lowest BCUT2D eigenvalue weighted by Gasteiger charge is -2.47. The number of piperidine rings is 1. The number of carbonyl (C=O) groups excluding carboxylic acids is 1. The minimum Gasteiger partial charge on any atom is -0.389 e. The summed E-state index contributed by atoms with van der Waals surface area (Å²) >= 11 is 0. The molecule has 2 unspecified atom stereocenters. The zero-order valence-corrected chi connectivity index (χ0v) is 20.4. The number of hydrogen-bond acceptors (Lipinski definition) is 3. The van der Waals surface area contributed by atoms with Gasteiger partial charge in [0.05, 0.1) is 6.10 Å². The normalized spacial score (nSPS) is 23.8. The second-order valence-electron chi connectivity index (χ2n) is 9.57. The van der Waals surface area contributed by atoms with E-state index in [9.17, 15) is 9.90 Å². The van der Waals surface area contributed by atoms with Gasteiger partial charge in [0.1, 0.15) is 0 Å². The Labute approximate surface area is 192 Å². The van der Waals surface area contributed by atoms with Crippen molar-refractivity contribution in [2.45, 2.75) is 84.4 Å². The Kier molecular flexibility index (Phi) is 6.82. The lowest BCUT2D eigenvalue weighted by Crippen LogP contribution is -2.58. The van der Waals surface area contributed by atoms with E-state index in [0.29, 0.717) is 12.0 Å². The average Bonchev–Trinajstić information content (AvgIpc) is 3.13. The second-order valence-corrected chi connectivity index (χ2v) is 9.57. The van der Waals surface area contributed by atoms with Crippen LogP contribution in [-0.4, -0.2) is 64.2 Å². The van der Waals surface area contributed by atoms with E-state index in [1.165, 1.54) is 22.2 Å². The topological polar surface area (TPSA) is 71.6 Å². The number of fused-ring (bicyclic) bond motifs is 2. The predicted octanol–water partition coefficient (Wildman–Crippen LogP) is 4.33. The van der Waals surface area contributed by atoms with Crippen molar-refractivity contribution in [3.05, 3.63) is 34.5 Å². The molecule has 2 aliphatic rings. The number of hydrogen-bond donors (Lipinski definition) is 3. The smallest absolute Gasteiger partial charge is 0.317 e. The second kappa shape index (κ2) is 9.44.